The minimum atomic E-state index is -0.729. The normalized spacial score (nSPS) is 24.0. The van der Waals surface area contributed by atoms with Crippen molar-refractivity contribution < 1.29 is 14.6 Å². The van der Waals surface area contributed by atoms with Gasteiger partial charge in [0.05, 0.1) is 11.6 Å². The van der Waals surface area contributed by atoms with Gasteiger partial charge in [-0.3, -0.25) is 0 Å². The Kier molecular flexibility index (Phi) is 5.41. The van der Waals surface area contributed by atoms with Crippen molar-refractivity contribution in [1.82, 2.24) is 4.90 Å². The zero-order valence-corrected chi connectivity index (χ0v) is 14.7. The summed E-state index contributed by atoms with van der Waals surface area (Å²) in [5.74, 6) is 0.398. The summed E-state index contributed by atoms with van der Waals surface area (Å²) in [6.45, 7) is 5.66. The predicted octanol–water partition coefficient (Wildman–Crippen LogP) is 4.11. The lowest BCUT2D eigenvalue weighted by Crippen LogP contribution is -2.57. The fourth-order valence-electron chi connectivity index (χ4n) is 4.30. The summed E-state index contributed by atoms with van der Waals surface area (Å²) in [6.07, 6.45) is 9.34. The third-order valence-electron chi connectivity index (χ3n) is 5.22. The van der Waals surface area contributed by atoms with Gasteiger partial charge < -0.3 is 14.7 Å². The number of carbonyl (C=O) groups is 1. The third-order valence-corrected chi connectivity index (χ3v) is 5.22. The minimum absolute atomic E-state index is 0.106. The summed E-state index contributed by atoms with van der Waals surface area (Å²) < 4.78 is 5.55. The van der Waals surface area contributed by atoms with Crippen molar-refractivity contribution in [3.05, 3.63) is 0 Å². The van der Waals surface area contributed by atoms with Crippen LogP contribution in [0.2, 0.25) is 0 Å². The summed E-state index contributed by atoms with van der Waals surface area (Å²) in [6, 6.07) is -0.106. The first-order valence-electron chi connectivity index (χ1n) is 8.91. The average Bonchev–Trinajstić information content (AvgIpc) is 2.85. The number of hydrogen-bond acceptors (Lipinski definition) is 3. The Morgan fingerprint density at radius 1 is 1.14 bits per heavy atom. The van der Waals surface area contributed by atoms with Crippen LogP contribution in [0.15, 0.2) is 0 Å². The molecule has 0 spiro atoms. The predicted molar refractivity (Wildman–Crippen MR) is 87.8 cm³/mol. The van der Waals surface area contributed by atoms with Crippen LogP contribution < -0.4 is 0 Å². The topological polar surface area (TPSA) is 49.8 Å². The first kappa shape index (κ1) is 17.6. The van der Waals surface area contributed by atoms with Gasteiger partial charge in [-0.2, -0.15) is 0 Å². The first-order chi connectivity index (χ1) is 10.2. The molecular weight excluding hydrogens is 278 g/mol. The van der Waals surface area contributed by atoms with Gasteiger partial charge in [0.15, 0.2) is 0 Å². The molecule has 1 atom stereocenters. The van der Waals surface area contributed by atoms with Crippen LogP contribution in [0.4, 0.5) is 4.79 Å². The second-order valence-corrected chi connectivity index (χ2v) is 8.24. The largest absolute Gasteiger partial charge is 0.444 e. The van der Waals surface area contributed by atoms with Gasteiger partial charge in [0, 0.05) is 7.05 Å². The van der Waals surface area contributed by atoms with Crippen LogP contribution >= 0.6 is 0 Å². The molecule has 0 aromatic heterocycles. The van der Waals surface area contributed by atoms with E-state index in [2.05, 4.69) is 0 Å². The van der Waals surface area contributed by atoms with Crippen LogP contribution in [0.5, 0.6) is 0 Å². The molecular formula is C18H33NO3. The maximum absolute atomic E-state index is 12.5. The standard InChI is InChI=1S/C18H33NO3/c1-17(2,3)22-16(20)19(4)15(14-10-6-5-7-11-14)18(21)12-8-9-13-18/h14-15,21H,5-13H2,1-4H3/t15-/m0/s1. The quantitative estimate of drug-likeness (QED) is 0.853. The molecule has 0 aliphatic heterocycles. The number of ether oxygens (including phenoxy) is 1. The molecule has 0 aromatic rings. The van der Waals surface area contributed by atoms with Crippen molar-refractivity contribution in [3.8, 4) is 0 Å². The molecule has 1 amide bonds. The Balaban J connectivity index is 2.17. The summed E-state index contributed by atoms with van der Waals surface area (Å²) in [5, 5.41) is 11.2. The van der Waals surface area contributed by atoms with Crippen LogP contribution in [0.1, 0.15) is 78.6 Å². The highest BCUT2D eigenvalue weighted by molar-refractivity contribution is 5.68. The van der Waals surface area contributed by atoms with Gasteiger partial charge in [-0.1, -0.05) is 32.1 Å². The maximum atomic E-state index is 12.5. The van der Waals surface area contributed by atoms with E-state index in [0.29, 0.717) is 5.92 Å². The van der Waals surface area contributed by atoms with Crippen LogP contribution in [-0.2, 0) is 4.74 Å². The molecule has 2 fully saturated rings. The van der Waals surface area contributed by atoms with Crippen molar-refractivity contribution in [2.75, 3.05) is 7.05 Å². The molecule has 1 N–H and O–H groups in total. The van der Waals surface area contributed by atoms with E-state index in [1.165, 1.54) is 19.3 Å². The zero-order valence-electron chi connectivity index (χ0n) is 14.7. The van der Waals surface area contributed by atoms with Crippen molar-refractivity contribution >= 4 is 6.09 Å². The average molecular weight is 311 g/mol. The molecule has 4 heteroatoms. The molecule has 0 heterocycles. The lowest BCUT2D eigenvalue weighted by molar-refractivity contribution is -0.0706. The van der Waals surface area contributed by atoms with Crippen molar-refractivity contribution in [2.45, 2.75) is 95.8 Å². The van der Waals surface area contributed by atoms with Crippen molar-refractivity contribution in [2.24, 2.45) is 5.92 Å². The van der Waals surface area contributed by atoms with Gasteiger partial charge in [-0.05, 0) is 52.4 Å². The Bertz CT molecular complexity index is 376. The van der Waals surface area contributed by atoms with Crippen LogP contribution in [0.25, 0.3) is 0 Å². The number of carbonyl (C=O) groups excluding carboxylic acids is 1. The third kappa shape index (κ3) is 4.15. The second kappa shape index (κ2) is 6.77. The van der Waals surface area contributed by atoms with Crippen LogP contribution in [-0.4, -0.2) is 40.4 Å². The number of rotatable bonds is 3. The van der Waals surface area contributed by atoms with E-state index in [-0.39, 0.29) is 12.1 Å². The summed E-state index contributed by atoms with van der Waals surface area (Å²) in [4.78, 5) is 14.2. The van der Waals surface area contributed by atoms with Gasteiger partial charge in [-0.25, -0.2) is 4.79 Å². The molecule has 128 valence electrons. The SMILES string of the molecule is CN(C(=O)OC(C)(C)C)[C@@H](C1CCCCC1)C1(O)CCCC1. The van der Waals surface area contributed by atoms with Gasteiger partial charge in [-0.15, -0.1) is 0 Å². The zero-order chi connectivity index (χ0) is 16.4. The van der Waals surface area contributed by atoms with E-state index in [9.17, 15) is 9.90 Å². The van der Waals surface area contributed by atoms with E-state index in [1.807, 2.05) is 27.8 Å². The van der Waals surface area contributed by atoms with E-state index < -0.39 is 11.2 Å². The summed E-state index contributed by atoms with van der Waals surface area (Å²) >= 11 is 0. The van der Waals surface area contributed by atoms with Crippen molar-refractivity contribution in [1.29, 1.82) is 0 Å². The minimum Gasteiger partial charge on any atom is -0.444 e. The molecule has 0 saturated heterocycles. The molecule has 0 aromatic carbocycles. The highest BCUT2D eigenvalue weighted by atomic mass is 16.6. The van der Waals surface area contributed by atoms with E-state index >= 15 is 0 Å². The van der Waals surface area contributed by atoms with E-state index in [4.69, 9.17) is 4.74 Å². The smallest absolute Gasteiger partial charge is 0.410 e. The lowest BCUT2D eigenvalue weighted by atomic mass is 9.75. The maximum Gasteiger partial charge on any atom is 0.410 e. The fourth-order valence-corrected chi connectivity index (χ4v) is 4.30. The molecule has 4 nitrogen and oxygen atoms in total. The lowest BCUT2D eigenvalue weighted by Gasteiger charge is -2.45. The summed E-state index contributed by atoms with van der Waals surface area (Å²) in [5.41, 5.74) is -1.23. The highest BCUT2D eigenvalue weighted by Gasteiger charge is 2.47. The Hall–Kier alpha value is -0.770. The highest BCUT2D eigenvalue weighted by Crippen LogP contribution is 2.42. The number of amides is 1. The molecule has 0 radical (unpaired) electrons. The number of likely N-dealkylation sites (N-methyl/N-ethyl adjacent to an activating group) is 1. The first-order valence-corrected chi connectivity index (χ1v) is 8.91. The molecule has 2 saturated carbocycles. The summed E-state index contributed by atoms with van der Waals surface area (Å²) in [7, 11) is 1.81. The Labute approximate surface area is 135 Å². The van der Waals surface area contributed by atoms with Crippen LogP contribution in [0, 0.1) is 5.92 Å². The van der Waals surface area contributed by atoms with Gasteiger partial charge in [0.1, 0.15) is 5.60 Å². The molecule has 0 bridgehead atoms. The molecule has 2 aliphatic carbocycles. The van der Waals surface area contributed by atoms with Gasteiger partial charge >= 0.3 is 6.09 Å². The fraction of sp³-hybridized carbons (Fsp3) is 0.944. The van der Waals surface area contributed by atoms with E-state index in [1.54, 1.807) is 4.90 Å². The second-order valence-electron chi connectivity index (χ2n) is 8.24. The van der Waals surface area contributed by atoms with Crippen LogP contribution in [0.3, 0.4) is 0 Å². The Morgan fingerprint density at radius 2 is 1.68 bits per heavy atom. The molecule has 2 rings (SSSR count). The number of hydrogen-bond donors (Lipinski definition) is 1. The number of aliphatic hydroxyl groups is 1. The molecule has 22 heavy (non-hydrogen) atoms. The number of nitrogens with zero attached hydrogens (tertiary/aromatic N) is 1. The monoisotopic (exact) mass is 311 g/mol. The van der Waals surface area contributed by atoms with Gasteiger partial charge in [0.2, 0.25) is 0 Å². The van der Waals surface area contributed by atoms with E-state index in [0.717, 1.165) is 38.5 Å². The van der Waals surface area contributed by atoms with Gasteiger partial charge in [0.25, 0.3) is 0 Å². The molecule has 0 unspecified atom stereocenters. The molecule has 2 aliphatic rings. The van der Waals surface area contributed by atoms with Crippen molar-refractivity contribution in [3.63, 3.8) is 0 Å². The Morgan fingerprint density at radius 3 is 2.18 bits per heavy atom.